The summed E-state index contributed by atoms with van der Waals surface area (Å²) in [5.41, 5.74) is 10.8. The molecule has 0 amide bonds. The van der Waals surface area contributed by atoms with Gasteiger partial charge in [-0.25, -0.2) is 0 Å². The first kappa shape index (κ1) is 14.2. The average Bonchev–Trinajstić information content (AvgIpc) is 2.25. The van der Waals surface area contributed by atoms with Crippen molar-refractivity contribution in [2.45, 2.75) is 59.9 Å². The Hall–Kier alpha value is -0.820. The molecule has 96 valence electrons. The van der Waals surface area contributed by atoms with Crippen LogP contribution in [0.2, 0.25) is 0 Å². The maximum atomic E-state index is 6.30. The van der Waals surface area contributed by atoms with Gasteiger partial charge in [0.25, 0.3) is 0 Å². The molecule has 1 heteroatoms. The predicted molar refractivity (Wildman–Crippen MR) is 76.2 cm³/mol. The molecule has 0 radical (unpaired) electrons. The summed E-state index contributed by atoms with van der Waals surface area (Å²) < 4.78 is 0. The highest BCUT2D eigenvalue weighted by atomic mass is 14.6. The van der Waals surface area contributed by atoms with Gasteiger partial charge in [0.15, 0.2) is 0 Å². The third-order valence-electron chi connectivity index (χ3n) is 3.25. The van der Waals surface area contributed by atoms with Crippen LogP contribution in [0.4, 0.5) is 0 Å². The third-order valence-corrected chi connectivity index (χ3v) is 3.25. The summed E-state index contributed by atoms with van der Waals surface area (Å²) in [6.45, 7) is 11.2. The van der Waals surface area contributed by atoms with Gasteiger partial charge in [-0.05, 0) is 41.4 Å². The van der Waals surface area contributed by atoms with Crippen molar-refractivity contribution in [2.75, 3.05) is 0 Å². The van der Waals surface area contributed by atoms with Crippen LogP contribution in [0, 0.1) is 5.41 Å². The van der Waals surface area contributed by atoms with Gasteiger partial charge in [-0.3, -0.25) is 0 Å². The van der Waals surface area contributed by atoms with Crippen molar-refractivity contribution < 1.29 is 0 Å². The zero-order chi connectivity index (χ0) is 13.1. The van der Waals surface area contributed by atoms with E-state index in [9.17, 15) is 0 Å². The summed E-state index contributed by atoms with van der Waals surface area (Å²) in [4.78, 5) is 0. The first-order valence-corrected chi connectivity index (χ1v) is 6.74. The lowest BCUT2D eigenvalue weighted by Gasteiger charge is -2.24. The largest absolute Gasteiger partial charge is 0.324 e. The smallest absolute Gasteiger partial charge is 0.0299 e. The van der Waals surface area contributed by atoms with Gasteiger partial charge >= 0.3 is 0 Å². The number of aryl methyl sites for hydroxylation is 2. The normalized spacial score (nSPS) is 13.8. The minimum absolute atomic E-state index is 0.159. The fourth-order valence-corrected chi connectivity index (χ4v) is 2.33. The summed E-state index contributed by atoms with van der Waals surface area (Å²) in [6.07, 6.45) is 3.23. The summed E-state index contributed by atoms with van der Waals surface area (Å²) in [5.74, 6) is 0. The maximum absolute atomic E-state index is 6.30. The number of benzene rings is 1. The molecule has 0 saturated heterocycles. The van der Waals surface area contributed by atoms with Crippen LogP contribution in [0.1, 0.15) is 63.8 Å². The van der Waals surface area contributed by atoms with E-state index in [0.717, 1.165) is 19.3 Å². The maximum Gasteiger partial charge on any atom is 0.0299 e. The van der Waals surface area contributed by atoms with Crippen molar-refractivity contribution in [1.82, 2.24) is 0 Å². The molecule has 1 nitrogen and oxygen atoms in total. The van der Waals surface area contributed by atoms with Crippen LogP contribution in [0.15, 0.2) is 18.2 Å². The molecule has 0 aliphatic heterocycles. The molecule has 1 unspecified atom stereocenters. The minimum atomic E-state index is 0.159. The number of rotatable bonds is 4. The zero-order valence-corrected chi connectivity index (χ0v) is 12.0. The van der Waals surface area contributed by atoms with E-state index in [0.29, 0.717) is 0 Å². The van der Waals surface area contributed by atoms with Crippen LogP contribution in [0.25, 0.3) is 0 Å². The van der Waals surface area contributed by atoms with Crippen LogP contribution in [-0.4, -0.2) is 0 Å². The van der Waals surface area contributed by atoms with Crippen LogP contribution in [0.5, 0.6) is 0 Å². The van der Waals surface area contributed by atoms with Gasteiger partial charge in [0.2, 0.25) is 0 Å². The predicted octanol–water partition coefficient (Wildman–Crippen LogP) is 4.25. The van der Waals surface area contributed by atoms with E-state index in [4.69, 9.17) is 5.73 Å². The van der Waals surface area contributed by atoms with E-state index in [1.54, 1.807) is 0 Å². The summed E-state index contributed by atoms with van der Waals surface area (Å²) in [6, 6.07) is 6.91. The molecular weight excluding hydrogens is 206 g/mol. The summed E-state index contributed by atoms with van der Waals surface area (Å²) in [5, 5.41) is 0. The standard InChI is InChI=1S/C16H27N/c1-6-12-8-9-14(10-13(12)7-2)15(17)11-16(3,4)5/h8-10,15H,6-7,11,17H2,1-5H3. The Morgan fingerprint density at radius 2 is 1.65 bits per heavy atom. The molecule has 0 aliphatic rings. The molecule has 1 rings (SSSR count). The van der Waals surface area contributed by atoms with Crippen LogP contribution in [0.3, 0.4) is 0 Å². The van der Waals surface area contributed by atoms with E-state index in [1.807, 2.05) is 0 Å². The van der Waals surface area contributed by atoms with E-state index in [1.165, 1.54) is 16.7 Å². The third kappa shape index (κ3) is 4.16. The lowest BCUT2D eigenvalue weighted by Crippen LogP contribution is -2.19. The fourth-order valence-electron chi connectivity index (χ4n) is 2.33. The molecule has 1 aromatic rings. The highest BCUT2D eigenvalue weighted by Crippen LogP contribution is 2.28. The second kappa shape index (κ2) is 5.68. The van der Waals surface area contributed by atoms with Crippen molar-refractivity contribution in [1.29, 1.82) is 0 Å². The van der Waals surface area contributed by atoms with Gasteiger partial charge < -0.3 is 5.73 Å². The van der Waals surface area contributed by atoms with E-state index >= 15 is 0 Å². The highest BCUT2D eigenvalue weighted by molar-refractivity contribution is 5.33. The van der Waals surface area contributed by atoms with Gasteiger partial charge in [0.1, 0.15) is 0 Å². The second-order valence-corrected chi connectivity index (χ2v) is 6.11. The van der Waals surface area contributed by atoms with E-state index < -0.39 is 0 Å². The number of hydrogen-bond donors (Lipinski definition) is 1. The van der Waals surface area contributed by atoms with E-state index in [2.05, 4.69) is 52.8 Å². The fraction of sp³-hybridized carbons (Fsp3) is 0.625. The van der Waals surface area contributed by atoms with Gasteiger partial charge in [0, 0.05) is 6.04 Å². The SMILES string of the molecule is CCc1ccc(C(N)CC(C)(C)C)cc1CC. The molecule has 1 aromatic carbocycles. The average molecular weight is 233 g/mol. The molecule has 0 heterocycles. The Bertz CT molecular complexity index is 360. The minimum Gasteiger partial charge on any atom is -0.324 e. The molecule has 0 bridgehead atoms. The summed E-state index contributed by atoms with van der Waals surface area (Å²) >= 11 is 0. The Balaban J connectivity index is 2.92. The second-order valence-electron chi connectivity index (χ2n) is 6.11. The molecule has 0 saturated carbocycles. The molecule has 0 aromatic heterocycles. The van der Waals surface area contributed by atoms with Crippen molar-refractivity contribution in [3.8, 4) is 0 Å². The van der Waals surface area contributed by atoms with Gasteiger partial charge in [-0.2, -0.15) is 0 Å². The van der Waals surface area contributed by atoms with Crippen LogP contribution in [-0.2, 0) is 12.8 Å². The molecule has 2 N–H and O–H groups in total. The van der Waals surface area contributed by atoms with Crippen LogP contribution >= 0.6 is 0 Å². The molecule has 0 aliphatic carbocycles. The number of hydrogen-bond acceptors (Lipinski definition) is 1. The molecule has 0 fully saturated rings. The van der Waals surface area contributed by atoms with Crippen molar-refractivity contribution in [3.05, 3.63) is 34.9 Å². The van der Waals surface area contributed by atoms with Gasteiger partial charge in [-0.1, -0.05) is 52.8 Å². The van der Waals surface area contributed by atoms with Crippen molar-refractivity contribution in [3.63, 3.8) is 0 Å². The molecule has 0 spiro atoms. The molecular formula is C16H27N. The first-order chi connectivity index (χ1) is 7.87. The van der Waals surface area contributed by atoms with Gasteiger partial charge in [-0.15, -0.1) is 0 Å². The first-order valence-electron chi connectivity index (χ1n) is 6.74. The Morgan fingerprint density at radius 1 is 1.06 bits per heavy atom. The zero-order valence-electron chi connectivity index (χ0n) is 12.0. The Kier molecular flexibility index (Phi) is 4.76. The highest BCUT2D eigenvalue weighted by Gasteiger charge is 2.17. The van der Waals surface area contributed by atoms with Crippen molar-refractivity contribution >= 4 is 0 Å². The molecule has 1 atom stereocenters. The number of nitrogens with two attached hydrogens (primary N) is 1. The quantitative estimate of drug-likeness (QED) is 0.826. The van der Waals surface area contributed by atoms with E-state index in [-0.39, 0.29) is 11.5 Å². The Labute approximate surface area is 106 Å². The summed E-state index contributed by atoms with van der Waals surface area (Å²) in [7, 11) is 0. The lowest BCUT2D eigenvalue weighted by molar-refractivity contribution is 0.342. The van der Waals surface area contributed by atoms with Crippen molar-refractivity contribution in [2.24, 2.45) is 11.1 Å². The van der Waals surface area contributed by atoms with Gasteiger partial charge in [0.05, 0.1) is 0 Å². The Morgan fingerprint density at radius 3 is 2.12 bits per heavy atom. The topological polar surface area (TPSA) is 26.0 Å². The van der Waals surface area contributed by atoms with Crippen LogP contribution < -0.4 is 5.73 Å². The lowest BCUT2D eigenvalue weighted by atomic mass is 9.85. The monoisotopic (exact) mass is 233 g/mol. The molecule has 17 heavy (non-hydrogen) atoms.